The van der Waals surface area contributed by atoms with E-state index in [1.807, 2.05) is 22.6 Å². The van der Waals surface area contributed by atoms with Gasteiger partial charge >= 0.3 is 0 Å². The molecule has 2 atom stereocenters. The topological polar surface area (TPSA) is 29.1 Å². The molecule has 1 saturated carbocycles. The lowest BCUT2D eigenvalue weighted by Crippen LogP contribution is -2.31. The quantitative estimate of drug-likeness (QED) is 0.558. The zero-order valence-electron chi connectivity index (χ0n) is 10.5. The van der Waals surface area contributed by atoms with E-state index in [4.69, 9.17) is 0 Å². The molecule has 1 amide bonds. The van der Waals surface area contributed by atoms with Gasteiger partial charge in [-0.05, 0) is 65.5 Å². The summed E-state index contributed by atoms with van der Waals surface area (Å²) in [5, 5.41) is 3.98. The SMILES string of the molecule is O=C(NCC1CCCC1CBr)c1ccc(F)cc1I. The lowest BCUT2D eigenvalue weighted by Gasteiger charge is -2.18. The number of benzene rings is 1. The molecule has 0 bridgehead atoms. The fourth-order valence-electron chi connectivity index (χ4n) is 2.58. The number of hydrogen-bond donors (Lipinski definition) is 1. The lowest BCUT2D eigenvalue weighted by atomic mass is 9.98. The Labute approximate surface area is 134 Å². The molecular formula is C14H16BrFINO. The molecule has 1 N–H and O–H groups in total. The van der Waals surface area contributed by atoms with Crippen LogP contribution in [0.4, 0.5) is 4.39 Å². The van der Waals surface area contributed by atoms with E-state index in [1.165, 1.54) is 31.4 Å². The fourth-order valence-corrected chi connectivity index (χ4v) is 4.15. The maximum Gasteiger partial charge on any atom is 0.252 e. The first-order valence-corrected chi connectivity index (χ1v) is 8.61. The Bertz CT molecular complexity index is 469. The van der Waals surface area contributed by atoms with Gasteiger partial charge in [-0.2, -0.15) is 0 Å². The van der Waals surface area contributed by atoms with Crippen molar-refractivity contribution in [2.75, 3.05) is 11.9 Å². The number of alkyl halides is 1. The summed E-state index contributed by atoms with van der Waals surface area (Å²) in [5.41, 5.74) is 0.551. The minimum Gasteiger partial charge on any atom is -0.352 e. The van der Waals surface area contributed by atoms with Gasteiger partial charge < -0.3 is 5.32 Å². The Morgan fingerprint density at radius 3 is 2.84 bits per heavy atom. The summed E-state index contributed by atoms with van der Waals surface area (Å²) >= 11 is 5.52. The molecule has 0 spiro atoms. The molecule has 2 unspecified atom stereocenters. The Kier molecular flexibility index (Phi) is 5.62. The van der Waals surface area contributed by atoms with E-state index in [-0.39, 0.29) is 11.7 Å². The summed E-state index contributed by atoms with van der Waals surface area (Å²) in [6.45, 7) is 0.711. The smallest absolute Gasteiger partial charge is 0.252 e. The van der Waals surface area contributed by atoms with Crippen molar-refractivity contribution >= 4 is 44.4 Å². The Morgan fingerprint density at radius 1 is 1.42 bits per heavy atom. The molecule has 1 aromatic carbocycles. The fraction of sp³-hybridized carbons (Fsp3) is 0.500. The van der Waals surface area contributed by atoms with Crippen LogP contribution in [-0.4, -0.2) is 17.8 Å². The van der Waals surface area contributed by atoms with E-state index in [1.54, 1.807) is 6.07 Å². The third kappa shape index (κ3) is 3.90. The van der Waals surface area contributed by atoms with E-state index >= 15 is 0 Å². The summed E-state index contributed by atoms with van der Waals surface area (Å²) in [5.74, 6) is 0.801. The number of carbonyl (C=O) groups excluding carboxylic acids is 1. The van der Waals surface area contributed by atoms with Crippen LogP contribution < -0.4 is 5.32 Å². The zero-order chi connectivity index (χ0) is 13.8. The minimum absolute atomic E-state index is 0.107. The first kappa shape index (κ1) is 15.2. The minimum atomic E-state index is -0.309. The van der Waals surface area contributed by atoms with Crippen molar-refractivity contribution in [3.8, 4) is 0 Å². The average molecular weight is 440 g/mol. The van der Waals surface area contributed by atoms with E-state index in [2.05, 4.69) is 21.2 Å². The highest BCUT2D eigenvalue weighted by atomic mass is 127. The molecule has 2 nitrogen and oxygen atoms in total. The number of halogens is 3. The van der Waals surface area contributed by atoms with Crippen molar-refractivity contribution in [2.24, 2.45) is 11.8 Å². The molecule has 0 saturated heterocycles. The zero-order valence-corrected chi connectivity index (χ0v) is 14.2. The van der Waals surface area contributed by atoms with Gasteiger partial charge in [0.15, 0.2) is 0 Å². The van der Waals surface area contributed by atoms with Gasteiger partial charge in [-0.1, -0.05) is 22.4 Å². The van der Waals surface area contributed by atoms with Gasteiger partial charge in [0, 0.05) is 15.4 Å². The molecule has 0 radical (unpaired) electrons. The largest absolute Gasteiger partial charge is 0.352 e. The summed E-state index contributed by atoms with van der Waals surface area (Å²) < 4.78 is 13.6. The lowest BCUT2D eigenvalue weighted by molar-refractivity contribution is 0.0944. The van der Waals surface area contributed by atoms with Crippen LogP contribution in [-0.2, 0) is 0 Å². The molecule has 1 aliphatic carbocycles. The van der Waals surface area contributed by atoms with Crippen molar-refractivity contribution in [1.29, 1.82) is 0 Å². The Balaban J connectivity index is 1.94. The highest BCUT2D eigenvalue weighted by molar-refractivity contribution is 14.1. The predicted octanol–water partition coefficient (Wildman–Crippen LogP) is 3.97. The molecule has 5 heteroatoms. The van der Waals surface area contributed by atoms with Gasteiger partial charge in [0.05, 0.1) is 5.56 Å². The molecule has 0 heterocycles. The molecule has 1 fully saturated rings. The molecule has 0 aromatic heterocycles. The third-order valence-corrected chi connectivity index (χ3v) is 5.44. The maximum absolute atomic E-state index is 13.0. The average Bonchev–Trinajstić information content (AvgIpc) is 2.83. The number of rotatable bonds is 4. The van der Waals surface area contributed by atoms with Gasteiger partial charge in [0.25, 0.3) is 5.91 Å². The molecule has 1 aliphatic rings. The summed E-state index contributed by atoms with van der Waals surface area (Å²) in [6, 6.07) is 4.25. The van der Waals surface area contributed by atoms with E-state index in [0.717, 1.165) is 5.33 Å². The summed E-state index contributed by atoms with van der Waals surface area (Å²) in [4.78, 5) is 12.1. The summed E-state index contributed by atoms with van der Waals surface area (Å²) in [6.07, 6.45) is 3.65. The molecule has 104 valence electrons. The maximum atomic E-state index is 13.0. The van der Waals surface area contributed by atoms with Gasteiger partial charge in [-0.15, -0.1) is 0 Å². The second-order valence-electron chi connectivity index (χ2n) is 4.94. The second kappa shape index (κ2) is 7.02. The highest BCUT2D eigenvalue weighted by Crippen LogP contribution is 2.32. The van der Waals surface area contributed by atoms with Gasteiger partial charge in [0.1, 0.15) is 5.82 Å². The third-order valence-electron chi connectivity index (χ3n) is 3.72. The highest BCUT2D eigenvalue weighted by Gasteiger charge is 2.26. The number of nitrogens with one attached hydrogen (secondary N) is 1. The Hall–Kier alpha value is -0.170. The van der Waals surface area contributed by atoms with Crippen LogP contribution in [0.15, 0.2) is 18.2 Å². The van der Waals surface area contributed by atoms with Crippen LogP contribution in [0.1, 0.15) is 29.6 Å². The van der Waals surface area contributed by atoms with Crippen LogP contribution in [0, 0.1) is 21.2 Å². The van der Waals surface area contributed by atoms with E-state index in [9.17, 15) is 9.18 Å². The monoisotopic (exact) mass is 439 g/mol. The molecule has 2 rings (SSSR count). The van der Waals surface area contributed by atoms with Crippen molar-refractivity contribution in [3.63, 3.8) is 0 Å². The van der Waals surface area contributed by atoms with Crippen LogP contribution in [0.2, 0.25) is 0 Å². The molecule has 0 aliphatic heterocycles. The van der Waals surface area contributed by atoms with E-state index in [0.29, 0.717) is 27.5 Å². The van der Waals surface area contributed by atoms with Crippen LogP contribution in [0.25, 0.3) is 0 Å². The van der Waals surface area contributed by atoms with Crippen molar-refractivity contribution in [2.45, 2.75) is 19.3 Å². The van der Waals surface area contributed by atoms with Crippen LogP contribution >= 0.6 is 38.5 Å². The van der Waals surface area contributed by atoms with Crippen molar-refractivity contribution in [1.82, 2.24) is 5.32 Å². The standard InChI is InChI=1S/C14H16BrFINO/c15-7-9-2-1-3-10(9)8-18-14(19)12-5-4-11(16)6-13(12)17/h4-6,9-10H,1-3,7-8H2,(H,18,19). The van der Waals surface area contributed by atoms with Crippen molar-refractivity contribution in [3.05, 3.63) is 33.1 Å². The number of amides is 1. The van der Waals surface area contributed by atoms with Gasteiger partial charge in [0.2, 0.25) is 0 Å². The van der Waals surface area contributed by atoms with Crippen LogP contribution in [0.3, 0.4) is 0 Å². The van der Waals surface area contributed by atoms with Gasteiger partial charge in [-0.25, -0.2) is 4.39 Å². The van der Waals surface area contributed by atoms with Crippen LogP contribution in [0.5, 0.6) is 0 Å². The second-order valence-corrected chi connectivity index (χ2v) is 6.75. The summed E-state index contributed by atoms with van der Waals surface area (Å²) in [7, 11) is 0. The van der Waals surface area contributed by atoms with E-state index < -0.39 is 0 Å². The Morgan fingerprint density at radius 2 is 2.16 bits per heavy atom. The first-order chi connectivity index (χ1) is 9.11. The molecule has 19 heavy (non-hydrogen) atoms. The molecular weight excluding hydrogens is 424 g/mol. The number of hydrogen-bond acceptors (Lipinski definition) is 1. The first-order valence-electron chi connectivity index (χ1n) is 6.41. The van der Waals surface area contributed by atoms with Gasteiger partial charge in [-0.3, -0.25) is 4.79 Å². The normalized spacial score (nSPS) is 22.5. The number of carbonyl (C=O) groups is 1. The van der Waals surface area contributed by atoms with Crippen molar-refractivity contribution < 1.29 is 9.18 Å². The molecule has 1 aromatic rings. The predicted molar refractivity (Wildman–Crippen MR) is 86.1 cm³/mol.